The quantitative estimate of drug-likeness (QED) is 0.718. The second kappa shape index (κ2) is 7.39. The molecule has 1 aromatic carbocycles. The summed E-state index contributed by atoms with van der Waals surface area (Å²) in [5, 5.41) is 1.15. The van der Waals surface area contributed by atoms with E-state index >= 15 is 0 Å². The molecule has 24 heavy (non-hydrogen) atoms. The Kier molecular flexibility index (Phi) is 5.50. The summed E-state index contributed by atoms with van der Waals surface area (Å²) in [6, 6.07) is 8.21. The van der Waals surface area contributed by atoms with E-state index in [9.17, 15) is 4.79 Å². The van der Waals surface area contributed by atoms with Gasteiger partial charge in [0.05, 0.1) is 12.1 Å². The van der Waals surface area contributed by atoms with Crippen molar-refractivity contribution in [2.75, 3.05) is 6.54 Å². The highest BCUT2D eigenvalue weighted by Gasteiger charge is 2.22. The van der Waals surface area contributed by atoms with Gasteiger partial charge < -0.3 is 14.2 Å². The molecule has 128 valence electrons. The molecule has 4 heteroatoms. The fourth-order valence-corrected chi connectivity index (χ4v) is 2.65. The van der Waals surface area contributed by atoms with E-state index < -0.39 is 5.60 Å². The molecule has 0 unspecified atom stereocenters. The second-order valence-corrected chi connectivity index (χ2v) is 6.76. The first kappa shape index (κ1) is 17.9. The molecule has 0 radical (unpaired) electrons. The fourth-order valence-electron chi connectivity index (χ4n) is 2.65. The minimum absolute atomic E-state index is 0.332. The number of nitrogens with zero attached hydrogens (tertiary/aromatic N) is 2. The van der Waals surface area contributed by atoms with Gasteiger partial charge >= 0.3 is 6.09 Å². The highest BCUT2D eigenvalue weighted by molar-refractivity contribution is 5.84. The third-order valence-corrected chi connectivity index (χ3v) is 3.56. The van der Waals surface area contributed by atoms with E-state index in [2.05, 4.69) is 29.9 Å². The van der Waals surface area contributed by atoms with Gasteiger partial charge in [0.1, 0.15) is 5.60 Å². The first-order valence-electron chi connectivity index (χ1n) is 8.12. The van der Waals surface area contributed by atoms with E-state index in [-0.39, 0.29) is 6.09 Å². The van der Waals surface area contributed by atoms with Crippen LogP contribution < -0.4 is 0 Å². The molecule has 0 aliphatic carbocycles. The summed E-state index contributed by atoms with van der Waals surface area (Å²) in [5.74, 6) is 0. The van der Waals surface area contributed by atoms with Gasteiger partial charge in [-0.1, -0.05) is 30.4 Å². The van der Waals surface area contributed by atoms with Gasteiger partial charge in [-0.05, 0) is 37.8 Å². The molecule has 4 nitrogen and oxygen atoms in total. The number of para-hydroxylation sites is 1. The van der Waals surface area contributed by atoms with Crippen LogP contribution in [0.25, 0.3) is 10.9 Å². The number of amides is 1. The number of benzene rings is 1. The molecule has 2 aromatic rings. The molecule has 0 saturated heterocycles. The lowest BCUT2D eigenvalue weighted by atomic mass is 10.1. The minimum atomic E-state index is -0.522. The van der Waals surface area contributed by atoms with Crippen LogP contribution in [0.4, 0.5) is 4.79 Å². The molecule has 1 aromatic heterocycles. The van der Waals surface area contributed by atoms with Gasteiger partial charge in [-0.2, -0.15) is 0 Å². The predicted octanol–water partition coefficient (Wildman–Crippen LogP) is 4.75. The van der Waals surface area contributed by atoms with Crippen molar-refractivity contribution in [2.45, 2.75) is 39.5 Å². The van der Waals surface area contributed by atoms with Crippen molar-refractivity contribution in [3.05, 3.63) is 61.3 Å². The maximum atomic E-state index is 12.5. The Morgan fingerprint density at radius 2 is 2.00 bits per heavy atom. The average Bonchev–Trinajstić information content (AvgIpc) is 2.90. The van der Waals surface area contributed by atoms with Crippen LogP contribution in [0.3, 0.4) is 0 Å². The first-order chi connectivity index (χ1) is 11.4. The maximum absolute atomic E-state index is 12.5. The zero-order valence-electron chi connectivity index (χ0n) is 14.8. The number of hydrogen-bond donors (Lipinski definition) is 0. The maximum Gasteiger partial charge on any atom is 0.410 e. The molecule has 0 spiro atoms. The molecule has 0 aliphatic heterocycles. The zero-order valence-corrected chi connectivity index (χ0v) is 14.8. The van der Waals surface area contributed by atoms with Crippen LogP contribution in [-0.2, 0) is 17.8 Å². The molecule has 2 rings (SSSR count). The Morgan fingerprint density at radius 3 is 2.62 bits per heavy atom. The van der Waals surface area contributed by atoms with E-state index in [1.54, 1.807) is 11.0 Å². The van der Waals surface area contributed by atoms with Crippen molar-refractivity contribution in [2.24, 2.45) is 0 Å². The fraction of sp³-hybridized carbons (Fsp3) is 0.350. The monoisotopic (exact) mass is 326 g/mol. The van der Waals surface area contributed by atoms with Crippen molar-refractivity contribution in [1.29, 1.82) is 0 Å². The van der Waals surface area contributed by atoms with Gasteiger partial charge in [-0.15, -0.1) is 13.2 Å². The van der Waals surface area contributed by atoms with Gasteiger partial charge in [-0.25, -0.2) is 4.79 Å². The molecule has 0 saturated carbocycles. The van der Waals surface area contributed by atoms with Crippen LogP contribution in [-0.4, -0.2) is 27.7 Å². The third-order valence-electron chi connectivity index (χ3n) is 3.56. The van der Waals surface area contributed by atoms with Gasteiger partial charge in [0.2, 0.25) is 0 Å². The van der Waals surface area contributed by atoms with Crippen LogP contribution >= 0.6 is 0 Å². The third kappa shape index (κ3) is 4.28. The number of ether oxygens (including phenoxy) is 1. The lowest BCUT2D eigenvalue weighted by molar-refractivity contribution is 0.0257. The summed E-state index contributed by atoms with van der Waals surface area (Å²) >= 11 is 0. The summed E-state index contributed by atoms with van der Waals surface area (Å²) in [4.78, 5) is 14.1. The zero-order chi connectivity index (χ0) is 17.7. The molecule has 0 bridgehead atoms. The topological polar surface area (TPSA) is 34.5 Å². The van der Waals surface area contributed by atoms with Crippen LogP contribution in [0.15, 0.2) is 55.8 Å². The largest absolute Gasteiger partial charge is 0.444 e. The van der Waals surface area contributed by atoms with E-state index in [0.717, 1.165) is 23.0 Å². The highest BCUT2D eigenvalue weighted by atomic mass is 16.6. The van der Waals surface area contributed by atoms with Crippen molar-refractivity contribution < 1.29 is 9.53 Å². The molecular weight excluding hydrogens is 300 g/mol. The molecule has 0 N–H and O–H groups in total. The van der Waals surface area contributed by atoms with E-state index in [4.69, 9.17) is 4.74 Å². The van der Waals surface area contributed by atoms with Gasteiger partial charge in [0.25, 0.3) is 0 Å². The van der Waals surface area contributed by atoms with E-state index in [0.29, 0.717) is 13.1 Å². The van der Waals surface area contributed by atoms with E-state index in [1.807, 2.05) is 45.2 Å². The lowest BCUT2D eigenvalue weighted by Gasteiger charge is -2.27. The Labute approximate surface area is 144 Å². The van der Waals surface area contributed by atoms with Gasteiger partial charge in [0, 0.05) is 19.3 Å². The molecule has 1 heterocycles. The van der Waals surface area contributed by atoms with Crippen molar-refractivity contribution in [1.82, 2.24) is 9.47 Å². The predicted molar refractivity (Wildman–Crippen MR) is 99.0 cm³/mol. The normalized spacial score (nSPS) is 11.3. The number of aromatic nitrogens is 1. The SMILES string of the molecule is C=CCN(Cc1cccc2ccn(CC=C)c12)C(=O)OC(C)(C)C. The van der Waals surface area contributed by atoms with Crippen LogP contribution in [0.1, 0.15) is 26.3 Å². The highest BCUT2D eigenvalue weighted by Crippen LogP contribution is 2.23. The molecule has 0 atom stereocenters. The molecule has 0 fully saturated rings. The molecular formula is C20H26N2O2. The Bertz CT molecular complexity index is 738. The number of hydrogen-bond acceptors (Lipinski definition) is 2. The van der Waals surface area contributed by atoms with Crippen LogP contribution in [0.5, 0.6) is 0 Å². The van der Waals surface area contributed by atoms with Crippen molar-refractivity contribution >= 4 is 17.0 Å². The number of allylic oxidation sites excluding steroid dienone is 1. The number of carbonyl (C=O) groups excluding carboxylic acids is 1. The van der Waals surface area contributed by atoms with Crippen molar-refractivity contribution in [3.8, 4) is 0 Å². The van der Waals surface area contributed by atoms with Crippen LogP contribution in [0.2, 0.25) is 0 Å². The second-order valence-electron chi connectivity index (χ2n) is 6.76. The minimum Gasteiger partial charge on any atom is -0.444 e. The summed E-state index contributed by atoms with van der Waals surface area (Å²) in [6.45, 7) is 14.8. The Morgan fingerprint density at radius 1 is 1.25 bits per heavy atom. The van der Waals surface area contributed by atoms with Crippen molar-refractivity contribution in [3.63, 3.8) is 0 Å². The standard InChI is InChI=1S/C20H26N2O2/c1-6-12-21-14-11-16-9-8-10-17(18(16)21)15-22(13-7-2)19(23)24-20(3,4)5/h6-11,14H,1-2,12-13,15H2,3-5H3. The summed E-state index contributed by atoms with van der Waals surface area (Å²) < 4.78 is 7.65. The lowest BCUT2D eigenvalue weighted by Crippen LogP contribution is -2.36. The summed E-state index contributed by atoms with van der Waals surface area (Å²) in [5.41, 5.74) is 1.67. The van der Waals surface area contributed by atoms with Crippen LogP contribution in [0, 0.1) is 0 Å². The van der Waals surface area contributed by atoms with Gasteiger partial charge in [0.15, 0.2) is 0 Å². The number of carbonyl (C=O) groups is 1. The average molecular weight is 326 g/mol. The number of fused-ring (bicyclic) bond motifs is 1. The van der Waals surface area contributed by atoms with Gasteiger partial charge in [-0.3, -0.25) is 0 Å². The summed E-state index contributed by atoms with van der Waals surface area (Å²) in [6.07, 6.45) is 5.29. The summed E-state index contributed by atoms with van der Waals surface area (Å²) in [7, 11) is 0. The Hall–Kier alpha value is -2.49. The Balaban J connectivity index is 2.33. The smallest absolute Gasteiger partial charge is 0.410 e. The first-order valence-corrected chi connectivity index (χ1v) is 8.12. The number of rotatable bonds is 6. The molecule has 0 aliphatic rings. The molecule has 1 amide bonds. The van der Waals surface area contributed by atoms with E-state index in [1.165, 1.54) is 0 Å².